The number of nitrogens with zero attached hydrogens (tertiary/aromatic N) is 1. The van der Waals surface area contributed by atoms with Crippen LogP contribution in [0.5, 0.6) is 0 Å². The van der Waals surface area contributed by atoms with Crippen molar-refractivity contribution in [3.63, 3.8) is 0 Å². The van der Waals surface area contributed by atoms with Crippen LogP contribution < -0.4 is 5.32 Å². The van der Waals surface area contributed by atoms with Gasteiger partial charge in [-0.15, -0.1) is 0 Å². The van der Waals surface area contributed by atoms with E-state index in [0.717, 1.165) is 5.69 Å². The number of nitrogens with one attached hydrogen (secondary N) is 2. The molecular weight excluding hydrogens is 190 g/mol. The minimum Gasteiger partial charge on any atom is -0.305 e. The van der Waals surface area contributed by atoms with Gasteiger partial charge in [0.2, 0.25) is 0 Å². The highest BCUT2D eigenvalue weighted by Crippen LogP contribution is 2.06. The maximum Gasteiger partial charge on any atom is 0.256 e. The number of aryl methyl sites for hydroxylation is 1. The average molecular weight is 201 g/mol. The van der Waals surface area contributed by atoms with E-state index in [2.05, 4.69) is 15.5 Å². The SMILES string of the molecule is Cc1cc(NC(=O)c2ccccc2)n[nH]1. The molecule has 2 rings (SSSR count). The number of amides is 1. The number of H-pyrrole nitrogens is 1. The summed E-state index contributed by atoms with van der Waals surface area (Å²) in [6, 6.07) is 10.8. The average Bonchev–Trinajstić information content (AvgIpc) is 2.65. The molecule has 0 aliphatic rings. The van der Waals surface area contributed by atoms with E-state index in [1.165, 1.54) is 0 Å². The van der Waals surface area contributed by atoms with Crippen molar-refractivity contribution >= 4 is 11.7 Å². The molecule has 4 nitrogen and oxygen atoms in total. The number of hydrogen-bond acceptors (Lipinski definition) is 2. The summed E-state index contributed by atoms with van der Waals surface area (Å²) in [5, 5.41) is 9.38. The van der Waals surface area contributed by atoms with Crippen LogP contribution in [0.15, 0.2) is 36.4 Å². The largest absolute Gasteiger partial charge is 0.305 e. The fourth-order valence-electron chi connectivity index (χ4n) is 1.26. The molecule has 15 heavy (non-hydrogen) atoms. The van der Waals surface area contributed by atoms with E-state index in [0.29, 0.717) is 11.4 Å². The molecule has 1 amide bonds. The summed E-state index contributed by atoms with van der Waals surface area (Å²) in [5.74, 6) is 0.392. The molecule has 76 valence electrons. The number of carbonyl (C=O) groups is 1. The van der Waals surface area contributed by atoms with E-state index < -0.39 is 0 Å². The van der Waals surface area contributed by atoms with Crippen LogP contribution in [0.3, 0.4) is 0 Å². The number of aromatic amines is 1. The van der Waals surface area contributed by atoms with Crippen LogP contribution in [-0.2, 0) is 0 Å². The van der Waals surface area contributed by atoms with Crippen LogP contribution in [0.1, 0.15) is 16.1 Å². The number of carbonyl (C=O) groups excluding carboxylic acids is 1. The fraction of sp³-hybridized carbons (Fsp3) is 0.0909. The first-order chi connectivity index (χ1) is 7.25. The summed E-state index contributed by atoms with van der Waals surface area (Å²) in [7, 11) is 0. The van der Waals surface area contributed by atoms with Crippen LogP contribution >= 0.6 is 0 Å². The molecule has 2 N–H and O–H groups in total. The molecule has 0 unspecified atom stereocenters. The summed E-state index contributed by atoms with van der Waals surface area (Å²) in [6.07, 6.45) is 0. The van der Waals surface area contributed by atoms with Crippen LogP contribution in [0, 0.1) is 6.92 Å². The molecule has 1 aromatic heterocycles. The van der Waals surface area contributed by atoms with Crippen molar-refractivity contribution < 1.29 is 4.79 Å². The lowest BCUT2D eigenvalue weighted by molar-refractivity contribution is 0.102. The molecule has 2 aromatic rings. The smallest absolute Gasteiger partial charge is 0.256 e. The quantitative estimate of drug-likeness (QED) is 0.780. The molecule has 0 atom stereocenters. The Balaban J connectivity index is 2.11. The van der Waals surface area contributed by atoms with E-state index in [-0.39, 0.29) is 5.91 Å². The third-order valence-corrected chi connectivity index (χ3v) is 1.98. The fourth-order valence-corrected chi connectivity index (χ4v) is 1.26. The van der Waals surface area contributed by atoms with Gasteiger partial charge in [-0.3, -0.25) is 9.89 Å². The van der Waals surface area contributed by atoms with Crippen LogP contribution in [0.4, 0.5) is 5.82 Å². The van der Waals surface area contributed by atoms with Crippen LogP contribution in [0.25, 0.3) is 0 Å². The molecule has 0 radical (unpaired) electrons. The summed E-state index contributed by atoms with van der Waals surface area (Å²) in [4.78, 5) is 11.7. The van der Waals surface area contributed by atoms with Gasteiger partial charge in [0, 0.05) is 17.3 Å². The van der Waals surface area contributed by atoms with Crippen molar-refractivity contribution in [3.8, 4) is 0 Å². The lowest BCUT2D eigenvalue weighted by Crippen LogP contribution is -2.11. The Morgan fingerprint density at radius 3 is 2.67 bits per heavy atom. The molecule has 0 saturated carbocycles. The standard InChI is InChI=1S/C11H11N3O/c1-8-7-10(14-13-8)12-11(15)9-5-3-2-4-6-9/h2-7H,1H3,(H2,12,13,14,15). The molecule has 0 aliphatic carbocycles. The van der Waals surface area contributed by atoms with Gasteiger partial charge in [-0.05, 0) is 19.1 Å². The van der Waals surface area contributed by atoms with Crippen molar-refractivity contribution in [2.24, 2.45) is 0 Å². The normalized spacial score (nSPS) is 9.93. The molecule has 0 spiro atoms. The van der Waals surface area contributed by atoms with E-state index in [1.807, 2.05) is 25.1 Å². The van der Waals surface area contributed by atoms with Crippen LogP contribution in [-0.4, -0.2) is 16.1 Å². The predicted octanol–water partition coefficient (Wildman–Crippen LogP) is 1.97. The van der Waals surface area contributed by atoms with Crippen molar-refractivity contribution in [2.75, 3.05) is 5.32 Å². The van der Waals surface area contributed by atoms with E-state index in [9.17, 15) is 4.79 Å². The van der Waals surface area contributed by atoms with Gasteiger partial charge in [-0.25, -0.2) is 0 Å². The Bertz CT molecular complexity index is 462. The Morgan fingerprint density at radius 2 is 2.07 bits per heavy atom. The summed E-state index contributed by atoms with van der Waals surface area (Å²) < 4.78 is 0. The van der Waals surface area contributed by atoms with Crippen molar-refractivity contribution in [2.45, 2.75) is 6.92 Å². The van der Waals surface area contributed by atoms with Gasteiger partial charge in [0.15, 0.2) is 5.82 Å². The Labute approximate surface area is 87.3 Å². The molecule has 4 heteroatoms. The first kappa shape index (κ1) is 9.45. The second-order valence-corrected chi connectivity index (χ2v) is 3.26. The summed E-state index contributed by atoms with van der Waals surface area (Å²) in [6.45, 7) is 1.88. The molecule has 0 saturated heterocycles. The zero-order valence-electron chi connectivity index (χ0n) is 8.32. The first-order valence-corrected chi connectivity index (χ1v) is 4.64. The lowest BCUT2D eigenvalue weighted by atomic mass is 10.2. The number of anilines is 1. The molecule has 1 aromatic carbocycles. The number of hydrogen-bond donors (Lipinski definition) is 2. The Kier molecular flexibility index (Phi) is 2.49. The number of rotatable bonds is 2. The molecule has 0 bridgehead atoms. The van der Waals surface area contributed by atoms with Gasteiger partial charge in [0.1, 0.15) is 0 Å². The Morgan fingerprint density at radius 1 is 1.33 bits per heavy atom. The highest BCUT2D eigenvalue weighted by Gasteiger charge is 2.06. The summed E-state index contributed by atoms with van der Waals surface area (Å²) in [5.41, 5.74) is 1.54. The third kappa shape index (κ3) is 2.22. The maximum absolute atomic E-state index is 11.7. The second-order valence-electron chi connectivity index (χ2n) is 3.26. The zero-order valence-corrected chi connectivity index (χ0v) is 8.32. The molecular formula is C11H11N3O. The van der Waals surface area contributed by atoms with Gasteiger partial charge in [0.25, 0.3) is 5.91 Å². The van der Waals surface area contributed by atoms with Crippen LogP contribution in [0.2, 0.25) is 0 Å². The van der Waals surface area contributed by atoms with Gasteiger partial charge in [0.05, 0.1) is 0 Å². The number of benzene rings is 1. The highest BCUT2D eigenvalue weighted by atomic mass is 16.1. The minimum atomic E-state index is -0.151. The molecule has 1 heterocycles. The third-order valence-electron chi connectivity index (χ3n) is 1.98. The van der Waals surface area contributed by atoms with E-state index in [4.69, 9.17) is 0 Å². The number of aromatic nitrogens is 2. The van der Waals surface area contributed by atoms with Gasteiger partial charge >= 0.3 is 0 Å². The van der Waals surface area contributed by atoms with Gasteiger partial charge < -0.3 is 5.32 Å². The van der Waals surface area contributed by atoms with Gasteiger partial charge in [-0.2, -0.15) is 5.10 Å². The van der Waals surface area contributed by atoms with Crippen molar-refractivity contribution in [1.29, 1.82) is 0 Å². The maximum atomic E-state index is 11.7. The Hall–Kier alpha value is -2.10. The predicted molar refractivity (Wildman–Crippen MR) is 57.7 cm³/mol. The lowest BCUT2D eigenvalue weighted by Gasteiger charge is -2.00. The van der Waals surface area contributed by atoms with Crippen molar-refractivity contribution in [1.82, 2.24) is 10.2 Å². The molecule has 0 fully saturated rings. The van der Waals surface area contributed by atoms with Gasteiger partial charge in [-0.1, -0.05) is 18.2 Å². The van der Waals surface area contributed by atoms with Crippen molar-refractivity contribution in [3.05, 3.63) is 47.7 Å². The van der Waals surface area contributed by atoms with E-state index in [1.54, 1.807) is 18.2 Å². The monoisotopic (exact) mass is 201 g/mol. The molecule has 0 aliphatic heterocycles. The van der Waals surface area contributed by atoms with E-state index >= 15 is 0 Å². The topological polar surface area (TPSA) is 57.8 Å². The zero-order chi connectivity index (χ0) is 10.7. The highest BCUT2D eigenvalue weighted by molar-refractivity contribution is 6.03. The first-order valence-electron chi connectivity index (χ1n) is 4.64. The summed E-state index contributed by atoms with van der Waals surface area (Å²) >= 11 is 0. The second kappa shape index (κ2) is 3.96. The minimum absolute atomic E-state index is 0.151.